The molecule has 0 bridgehead atoms. The Morgan fingerprint density at radius 2 is 2.08 bits per heavy atom. The summed E-state index contributed by atoms with van der Waals surface area (Å²) in [6.07, 6.45) is 7.28. The fourth-order valence-electron chi connectivity index (χ4n) is 3.51. The SMILES string of the molecule is CCOC(=O)/C(=C\N(C)C)n1cc(NC(=O)c2cnn3cccnc23)c(-c2cc(Cl)ccc2OC(F)F)n1. The van der Waals surface area contributed by atoms with Gasteiger partial charge in [0.25, 0.3) is 5.91 Å². The van der Waals surface area contributed by atoms with Gasteiger partial charge in [-0.1, -0.05) is 11.6 Å². The van der Waals surface area contributed by atoms with E-state index >= 15 is 0 Å². The maximum Gasteiger partial charge on any atom is 0.387 e. The van der Waals surface area contributed by atoms with E-state index in [1.807, 2.05) is 0 Å². The van der Waals surface area contributed by atoms with Crippen LogP contribution in [0.3, 0.4) is 0 Å². The number of nitrogens with zero attached hydrogens (tertiary/aromatic N) is 6. The summed E-state index contributed by atoms with van der Waals surface area (Å²) in [6.45, 7) is -1.39. The highest BCUT2D eigenvalue weighted by Gasteiger charge is 2.25. The Morgan fingerprint density at radius 1 is 1.29 bits per heavy atom. The summed E-state index contributed by atoms with van der Waals surface area (Å²) in [5.41, 5.74) is 0.569. The summed E-state index contributed by atoms with van der Waals surface area (Å²) in [7, 11) is 3.38. The molecule has 0 atom stereocenters. The summed E-state index contributed by atoms with van der Waals surface area (Å²) in [5.74, 6) is -1.54. The van der Waals surface area contributed by atoms with Crippen LogP contribution in [-0.2, 0) is 9.53 Å². The van der Waals surface area contributed by atoms with Crippen LogP contribution in [0.15, 0.2) is 55.3 Å². The second kappa shape index (κ2) is 11.3. The largest absolute Gasteiger partial charge is 0.461 e. The van der Waals surface area contributed by atoms with Gasteiger partial charge in [0.05, 0.1) is 24.7 Å². The first-order valence-corrected chi connectivity index (χ1v) is 11.6. The van der Waals surface area contributed by atoms with E-state index in [9.17, 15) is 18.4 Å². The molecule has 0 aliphatic heterocycles. The molecular weight excluding hydrogens is 524 g/mol. The highest BCUT2D eigenvalue weighted by molar-refractivity contribution is 6.31. The second-order valence-corrected chi connectivity index (χ2v) is 8.39. The number of esters is 1. The van der Waals surface area contributed by atoms with Gasteiger partial charge in [-0.3, -0.25) is 4.79 Å². The number of nitrogens with one attached hydrogen (secondary N) is 1. The molecule has 0 radical (unpaired) electrons. The predicted molar refractivity (Wildman–Crippen MR) is 135 cm³/mol. The quantitative estimate of drug-likeness (QED) is 0.248. The summed E-state index contributed by atoms with van der Waals surface area (Å²) < 4.78 is 38.8. The van der Waals surface area contributed by atoms with Gasteiger partial charge in [-0.25, -0.2) is 19.0 Å². The fourth-order valence-corrected chi connectivity index (χ4v) is 3.68. The molecule has 1 amide bonds. The molecule has 14 heteroatoms. The van der Waals surface area contributed by atoms with Crippen LogP contribution in [0.25, 0.3) is 22.6 Å². The number of rotatable bonds is 9. The summed E-state index contributed by atoms with van der Waals surface area (Å²) >= 11 is 6.16. The Labute approximate surface area is 220 Å². The maximum atomic E-state index is 13.3. The molecule has 198 valence electrons. The van der Waals surface area contributed by atoms with Crippen molar-refractivity contribution >= 4 is 40.5 Å². The van der Waals surface area contributed by atoms with Gasteiger partial charge in [-0.05, 0) is 31.2 Å². The number of anilines is 1. The number of hydrogen-bond donors (Lipinski definition) is 1. The van der Waals surface area contributed by atoms with Crippen molar-refractivity contribution in [3.8, 4) is 17.0 Å². The molecule has 11 nitrogen and oxygen atoms in total. The first-order valence-electron chi connectivity index (χ1n) is 11.2. The highest BCUT2D eigenvalue weighted by Crippen LogP contribution is 2.37. The Kier molecular flexibility index (Phi) is 7.86. The lowest BCUT2D eigenvalue weighted by molar-refractivity contribution is -0.136. The third-order valence-corrected chi connectivity index (χ3v) is 5.25. The van der Waals surface area contributed by atoms with Crippen LogP contribution in [0.4, 0.5) is 14.5 Å². The van der Waals surface area contributed by atoms with Crippen molar-refractivity contribution in [2.24, 2.45) is 0 Å². The predicted octanol–water partition coefficient (Wildman–Crippen LogP) is 4.02. The van der Waals surface area contributed by atoms with Gasteiger partial charge in [-0.15, -0.1) is 0 Å². The molecule has 4 rings (SSSR count). The smallest absolute Gasteiger partial charge is 0.387 e. The van der Waals surface area contributed by atoms with Gasteiger partial charge in [0.15, 0.2) is 11.3 Å². The number of amides is 1. The van der Waals surface area contributed by atoms with Crippen LogP contribution >= 0.6 is 11.6 Å². The van der Waals surface area contributed by atoms with Crippen molar-refractivity contribution in [3.05, 3.63) is 65.8 Å². The zero-order chi connectivity index (χ0) is 27.4. The average Bonchev–Trinajstić information content (AvgIpc) is 3.48. The van der Waals surface area contributed by atoms with Crippen molar-refractivity contribution in [2.75, 3.05) is 26.0 Å². The van der Waals surface area contributed by atoms with Gasteiger partial charge in [0, 0.05) is 43.3 Å². The first-order chi connectivity index (χ1) is 18.2. The molecule has 0 saturated heterocycles. The van der Waals surface area contributed by atoms with Crippen molar-refractivity contribution in [3.63, 3.8) is 0 Å². The van der Waals surface area contributed by atoms with Crippen LogP contribution in [0.2, 0.25) is 5.02 Å². The van der Waals surface area contributed by atoms with Crippen molar-refractivity contribution in [2.45, 2.75) is 13.5 Å². The average molecular weight is 546 g/mol. The van der Waals surface area contributed by atoms with Gasteiger partial charge < -0.3 is 19.7 Å². The van der Waals surface area contributed by atoms with Crippen LogP contribution in [0.1, 0.15) is 17.3 Å². The molecule has 4 aromatic rings. The van der Waals surface area contributed by atoms with E-state index in [0.29, 0.717) is 5.65 Å². The molecule has 0 unspecified atom stereocenters. The lowest BCUT2D eigenvalue weighted by Gasteiger charge is -2.12. The van der Waals surface area contributed by atoms with E-state index in [4.69, 9.17) is 16.3 Å². The topological polar surface area (TPSA) is 116 Å². The van der Waals surface area contributed by atoms with E-state index in [0.717, 1.165) is 0 Å². The Hall–Kier alpha value is -4.52. The fraction of sp³-hybridized carbons (Fsp3) is 0.208. The van der Waals surface area contributed by atoms with Crippen LogP contribution < -0.4 is 10.1 Å². The van der Waals surface area contributed by atoms with Crippen molar-refractivity contribution in [1.82, 2.24) is 29.3 Å². The van der Waals surface area contributed by atoms with Crippen molar-refractivity contribution in [1.29, 1.82) is 0 Å². The van der Waals surface area contributed by atoms with E-state index in [2.05, 4.69) is 25.2 Å². The number of halogens is 3. The lowest BCUT2D eigenvalue weighted by Crippen LogP contribution is -2.16. The molecule has 0 fully saturated rings. The minimum atomic E-state index is -3.14. The van der Waals surface area contributed by atoms with Crippen molar-refractivity contribution < 1.29 is 27.8 Å². The van der Waals surface area contributed by atoms with Crippen LogP contribution in [-0.4, -0.2) is 68.5 Å². The van der Waals surface area contributed by atoms with Crippen LogP contribution in [0, 0.1) is 0 Å². The molecule has 1 aromatic carbocycles. The highest BCUT2D eigenvalue weighted by atomic mass is 35.5. The number of hydrogen-bond acceptors (Lipinski definition) is 8. The number of carbonyl (C=O) groups excluding carboxylic acids is 2. The molecule has 1 N–H and O–H groups in total. The Morgan fingerprint density at radius 3 is 2.79 bits per heavy atom. The molecule has 3 aromatic heterocycles. The standard InChI is InChI=1S/C24H22ClF2N7O4/c1-4-37-23(36)18(13-32(2)3)34-12-17(30-22(35)16-11-29-33-9-5-8-28-21(16)33)20(31-34)15-10-14(25)6-7-19(15)38-24(26)27/h5-13,24H,4H2,1-3H3,(H,30,35)/b18-13+. The molecule has 0 aliphatic rings. The van der Waals surface area contributed by atoms with Gasteiger partial charge in [0.1, 0.15) is 17.0 Å². The first kappa shape index (κ1) is 26.5. The molecule has 0 saturated carbocycles. The number of fused-ring (bicyclic) bond motifs is 1. The summed E-state index contributed by atoms with van der Waals surface area (Å²) in [5, 5.41) is 11.4. The number of benzene rings is 1. The lowest BCUT2D eigenvalue weighted by atomic mass is 10.1. The molecular formula is C24H22ClF2N7O4. The molecule has 3 heterocycles. The van der Waals surface area contributed by atoms with Gasteiger partial charge in [-0.2, -0.15) is 19.0 Å². The zero-order valence-electron chi connectivity index (χ0n) is 20.4. The normalized spacial score (nSPS) is 11.6. The van der Waals surface area contributed by atoms with E-state index in [-0.39, 0.29) is 45.6 Å². The molecule has 0 spiro atoms. The monoisotopic (exact) mass is 545 g/mol. The summed E-state index contributed by atoms with van der Waals surface area (Å²) in [6, 6.07) is 5.64. The Balaban J connectivity index is 1.86. The van der Waals surface area contributed by atoms with E-state index < -0.39 is 18.5 Å². The zero-order valence-corrected chi connectivity index (χ0v) is 21.2. The minimum absolute atomic E-state index is 0.00500. The third kappa shape index (κ3) is 5.72. The number of carbonyl (C=O) groups is 2. The number of ether oxygens (including phenoxy) is 2. The van der Waals surface area contributed by atoms with Gasteiger partial charge in [0.2, 0.25) is 0 Å². The Bertz CT molecular complexity index is 1520. The van der Waals surface area contributed by atoms with Gasteiger partial charge >= 0.3 is 12.6 Å². The number of aromatic nitrogens is 5. The minimum Gasteiger partial charge on any atom is -0.461 e. The maximum absolute atomic E-state index is 13.3. The molecule has 38 heavy (non-hydrogen) atoms. The second-order valence-electron chi connectivity index (χ2n) is 7.95. The molecule has 0 aliphatic carbocycles. The third-order valence-electron chi connectivity index (χ3n) is 5.01. The van der Waals surface area contributed by atoms with E-state index in [1.165, 1.54) is 52.2 Å². The van der Waals surface area contributed by atoms with Crippen LogP contribution in [0.5, 0.6) is 5.75 Å². The van der Waals surface area contributed by atoms with E-state index in [1.54, 1.807) is 38.2 Å². The number of alkyl halides is 2. The summed E-state index contributed by atoms with van der Waals surface area (Å²) in [4.78, 5) is 31.8.